The predicted octanol–water partition coefficient (Wildman–Crippen LogP) is 3.60. The molecule has 0 nitrogen and oxygen atoms in total. The molecule has 0 fully saturated rings. The maximum absolute atomic E-state index is 5.98. The van der Waals surface area contributed by atoms with Gasteiger partial charge < -0.3 is 0 Å². The van der Waals surface area contributed by atoms with Gasteiger partial charge in [-0.1, -0.05) is 18.2 Å². The van der Waals surface area contributed by atoms with Crippen molar-refractivity contribution in [3.8, 4) is 0 Å². The van der Waals surface area contributed by atoms with Gasteiger partial charge in [0, 0.05) is 0 Å². The van der Waals surface area contributed by atoms with E-state index in [9.17, 15) is 0 Å². The Balaban J connectivity index is 3.17. The monoisotopic (exact) mass is 168 g/mol. The molecule has 1 rings (SSSR count). The Hall–Kier alpha value is -0.490. The molecule has 0 unspecified atom stereocenters. The molecule has 0 radical (unpaired) electrons. The van der Waals surface area contributed by atoms with Gasteiger partial charge in [-0.05, 0) is 37.5 Å². The Labute approximate surface area is 73.2 Å². The molecule has 0 heterocycles. The fourth-order valence-electron chi connectivity index (χ4n) is 1.20. The van der Waals surface area contributed by atoms with Crippen molar-refractivity contribution in [2.24, 2.45) is 0 Å². The van der Waals surface area contributed by atoms with E-state index in [1.165, 1.54) is 16.7 Å². The van der Waals surface area contributed by atoms with Gasteiger partial charge in [0.2, 0.25) is 0 Å². The molecule has 1 heteroatoms. The minimum atomic E-state index is 0.120. The van der Waals surface area contributed by atoms with Crippen molar-refractivity contribution in [2.75, 3.05) is 0 Å². The lowest BCUT2D eigenvalue weighted by molar-refractivity contribution is 1.05. The summed E-state index contributed by atoms with van der Waals surface area (Å²) in [6.07, 6.45) is 0. The molecule has 0 N–H and O–H groups in total. The molecule has 0 aliphatic heterocycles. The van der Waals surface area contributed by atoms with Crippen molar-refractivity contribution in [1.29, 1.82) is 0 Å². The molecule has 0 aromatic heterocycles. The highest BCUT2D eigenvalue weighted by Gasteiger charge is 2.04. The molecule has 1 atom stereocenters. The largest absolute Gasteiger partial charge is 0.118 e. The summed E-state index contributed by atoms with van der Waals surface area (Å²) in [7, 11) is 0. The quantitative estimate of drug-likeness (QED) is 0.562. The second-order valence-corrected chi connectivity index (χ2v) is 3.56. The topological polar surface area (TPSA) is 0 Å². The van der Waals surface area contributed by atoms with Crippen molar-refractivity contribution in [3.05, 3.63) is 34.9 Å². The van der Waals surface area contributed by atoms with Crippen molar-refractivity contribution in [2.45, 2.75) is 26.1 Å². The number of aryl methyl sites for hydroxylation is 1. The minimum absolute atomic E-state index is 0.120. The Morgan fingerprint density at radius 3 is 2.36 bits per heavy atom. The Kier molecular flexibility index (Phi) is 2.56. The van der Waals surface area contributed by atoms with Crippen LogP contribution >= 0.6 is 11.6 Å². The lowest BCUT2D eigenvalue weighted by atomic mass is 10.0. The van der Waals surface area contributed by atoms with Crippen LogP contribution in [0.2, 0.25) is 0 Å². The zero-order chi connectivity index (χ0) is 8.43. The number of halogens is 1. The minimum Gasteiger partial charge on any atom is -0.118 e. The van der Waals surface area contributed by atoms with E-state index in [0.717, 1.165) is 0 Å². The molecular formula is C10H13Cl. The van der Waals surface area contributed by atoms with Crippen LogP contribution in [0.4, 0.5) is 0 Å². The average molecular weight is 169 g/mol. The van der Waals surface area contributed by atoms with Crippen LogP contribution in [0.5, 0.6) is 0 Å². The average Bonchev–Trinajstić information content (AvgIpc) is 1.94. The van der Waals surface area contributed by atoms with Crippen LogP contribution in [0, 0.1) is 13.8 Å². The Morgan fingerprint density at radius 1 is 1.27 bits per heavy atom. The lowest BCUT2D eigenvalue weighted by Crippen LogP contribution is -1.91. The summed E-state index contributed by atoms with van der Waals surface area (Å²) in [5.74, 6) is 0. The molecule has 1 aromatic rings. The summed E-state index contributed by atoms with van der Waals surface area (Å²) in [4.78, 5) is 0. The molecule has 11 heavy (non-hydrogen) atoms. The van der Waals surface area contributed by atoms with Crippen LogP contribution in [0.25, 0.3) is 0 Å². The molecule has 60 valence electrons. The fourth-order valence-corrected chi connectivity index (χ4v) is 1.44. The lowest BCUT2D eigenvalue weighted by Gasteiger charge is -2.09. The maximum Gasteiger partial charge on any atom is 0.0559 e. The number of rotatable bonds is 1. The van der Waals surface area contributed by atoms with Gasteiger partial charge in [0.25, 0.3) is 0 Å². The highest BCUT2D eigenvalue weighted by atomic mass is 35.5. The summed E-state index contributed by atoms with van der Waals surface area (Å²) >= 11 is 5.98. The van der Waals surface area contributed by atoms with E-state index in [-0.39, 0.29) is 5.38 Å². The zero-order valence-corrected chi connectivity index (χ0v) is 7.94. The molecule has 0 saturated carbocycles. The zero-order valence-electron chi connectivity index (χ0n) is 7.19. The second-order valence-electron chi connectivity index (χ2n) is 2.91. The summed E-state index contributed by atoms with van der Waals surface area (Å²) < 4.78 is 0. The van der Waals surface area contributed by atoms with E-state index in [0.29, 0.717) is 0 Å². The number of hydrogen-bond acceptors (Lipinski definition) is 0. The van der Waals surface area contributed by atoms with E-state index in [1.54, 1.807) is 0 Å². The highest BCUT2D eigenvalue weighted by molar-refractivity contribution is 6.20. The summed E-state index contributed by atoms with van der Waals surface area (Å²) in [6, 6.07) is 6.24. The number of hydrogen-bond donors (Lipinski definition) is 0. The normalized spacial score (nSPS) is 13.1. The maximum atomic E-state index is 5.98. The SMILES string of the molecule is Cc1cccc([C@@H](C)Cl)c1C. The van der Waals surface area contributed by atoms with Crippen molar-refractivity contribution < 1.29 is 0 Å². The van der Waals surface area contributed by atoms with Gasteiger partial charge in [0.1, 0.15) is 0 Å². The Bertz CT molecular complexity index is 251. The molecular weight excluding hydrogens is 156 g/mol. The molecule has 0 spiro atoms. The van der Waals surface area contributed by atoms with Gasteiger partial charge in [0.05, 0.1) is 5.38 Å². The van der Waals surface area contributed by atoms with E-state index in [4.69, 9.17) is 11.6 Å². The highest BCUT2D eigenvalue weighted by Crippen LogP contribution is 2.24. The third-order valence-electron chi connectivity index (χ3n) is 2.08. The van der Waals surface area contributed by atoms with Crippen molar-refractivity contribution in [3.63, 3.8) is 0 Å². The fraction of sp³-hybridized carbons (Fsp3) is 0.400. The van der Waals surface area contributed by atoms with Crippen LogP contribution in [-0.2, 0) is 0 Å². The van der Waals surface area contributed by atoms with Crippen LogP contribution in [0.15, 0.2) is 18.2 Å². The molecule has 0 bridgehead atoms. The third-order valence-corrected chi connectivity index (χ3v) is 2.31. The first kappa shape index (κ1) is 8.61. The molecule has 1 aromatic carbocycles. The first-order valence-electron chi connectivity index (χ1n) is 3.83. The summed E-state index contributed by atoms with van der Waals surface area (Å²) in [5.41, 5.74) is 3.87. The van der Waals surface area contributed by atoms with Gasteiger partial charge in [-0.2, -0.15) is 0 Å². The standard InChI is InChI=1S/C10H13Cl/c1-7-5-4-6-10(8(7)2)9(3)11/h4-6,9H,1-3H3/t9-/m1/s1. The van der Waals surface area contributed by atoms with Crippen LogP contribution in [0.1, 0.15) is 29.0 Å². The van der Waals surface area contributed by atoms with Crippen LogP contribution < -0.4 is 0 Å². The summed E-state index contributed by atoms with van der Waals surface area (Å²) in [5, 5.41) is 0.120. The summed E-state index contributed by atoms with van der Waals surface area (Å²) in [6.45, 7) is 6.23. The van der Waals surface area contributed by atoms with E-state index < -0.39 is 0 Å². The second kappa shape index (κ2) is 3.27. The smallest absolute Gasteiger partial charge is 0.0559 e. The number of benzene rings is 1. The third kappa shape index (κ3) is 1.75. The van der Waals surface area contributed by atoms with E-state index in [2.05, 4.69) is 32.0 Å². The molecule has 0 aliphatic rings. The van der Waals surface area contributed by atoms with E-state index in [1.807, 2.05) is 6.92 Å². The van der Waals surface area contributed by atoms with Gasteiger partial charge in [0.15, 0.2) is 0 Å². The van der Waals surface area contributed by atoms with Gasteiger partial charge in [-0.25, -0.2) is 0 Å². The van der Waals surface area contributed by atoms with Crippen molar-refractivity contribution >= 4 is 11.6 Å². The van der Waals surface area contributed by atoms with Crippen LogP contribution in [-0.4, -0.2) is 0 Å². The van der Waals surface area contributed by atoms with Crippen LogP contribution in [0.3, 0.4) is 0 Å². The molecule has 0 amide bonds. The Morgan fingerprint density at radius 2 is 1.91 bits per heavy atom. The first-order chi connectivity index (χ1) is 5.13. The van der Waals surface area contributed by atoms with E-state index >= 15 is 0 Å². The predicted molar refractivity (Wildman–Crippen MR) is 50.2 cm³/mol. The molecule has 0 saturated heterocycles. The van der Waals surface area contributed by atoms with Gasteiger partial charge >= 0.3 is 0 Å². The van der Waals surface area contributed by atoms with Gasteiger partial charge in [-0.15, -0.1) is 11.6 Å². The van der Waals surface area contributed by atoms with Crippen molar-refractivity contribution in [1.82, 2.24) is 0 Å². The first-order valence-corrected chi connectivity index (χ1v) is 4.26. The number of alkyl halides is 1. The molecule has 0 aliphatic carbocycles. The van der Waals surface area contributed by atoms with Gasteiger partial charge in [-0.3, -0.25) is 0 Å².